The molecule has 0 aliphatic carbocycles. The van der Waals surface area contributed by atoms with Crippen molar-refractivity contribution < 1.29 is 12.7 Å². The molecular weight excluding hydrogens is 510 g/mol. The Morgan fingerprint density at radius 2 is 0.903 bits per heavy atom. The van der Waals surface area contributed by atoms with Crippen LogP contribution in [-0.4, -0.2) is 0 Å². The van der Waals surface area contributed by atoms with Crippen molar-refractivity contribution >= 4 is 63.8 Å². The maximum atomic E-state index is 5.08. The molecule has 164 valence electrons. The van der Waals surface area contributed by atoms with Gasteiger partial charge in [0.05, 0.1) is 11.4 Å². The Bertz CT molecular complexity index is 1200. The second kappa shape index (κ2) is 11.4. The van der Waals surface area contributed by atoms with Gasteiger partial charge in [0.2, 0.25) is 0 Å². The average Bonchev–Trinajstić information content (AvgIpc) is 2.74. The zero-order chi connectivity index (χ0) is 22.4. The third-order valence-electron chi connectivity index (χ3n) is 4.75. The van der Waals surface area contributed by atoms with Crippen LogP contribution >= 0.6 is 43.1 Å². The molecule has 0 amide bonds. The van der Waals surface area contributed by atoms with E-state index in [4.69, 9.17) is 30.4 Å². The first-order valence-corrected chi connectivity index (χ1v) is 13.9. The number of benzene rings is 3. The monoisotopic (exact) mass is 530 g/mol. The molecule has 0 saturated heterocycles. The Hall–Kier alpha value is -1.49. The Labute approximate surface area is 205 Å². The van der Waals surface area contributed by atoms with E-state index in [-0.39, 0.29) is 0 Å². The molecule has 4 rings (SSSR count). The van der Waals surface area contributed by atoms with E-state index < -0.39 is 0 Å². The van der Waals surface area contributed by atoms with Gasteiger partial charge in [-0.15, -0.1) is 22.7 Å². The van der Waals surface area contributed by atoms with Crippen LogP contribution in [0.1, 0.15) is 22.3 Å². The van der Waals surface area contributed by atoms with Gasteiger partial charge in [-0.2, -0.15) is 0 Å². The first kappa shape index (κ1) is 24.2. The van der Waals surface area contributed by atoms with Crippen molar-refractivity contribution in [2.24, 2.45) is 9.98 Å². The van der Waals surface area contributed by atoms with Gasteiger partial charge < -0.3 is 0 Å². The molecule has 4 aromatic rings. The summed E-state index contributed by atoms with van der Waals surface area (Å²) in [6.45, 7) is 8.46. The van der Waals surface area contributed by atoms with Crippen molar-refractivity contribution in [2.45, 2.75) is 27.7 Å². The molecule has 1 aromatic heterocycles. The third-order valence-corrected chi connectivity index (χ3v) is 7.12. The van der Waals surface area contributed by atoms with Crippen LogP contribution < -0.4 is 9.34 Å². The fraction of sp³-hybridized carbons (Fsp3) is 0.167. The van der Waals surface area contributed by atoms with E-state index in [0.717, 1.165) is 20.7 Å². The van der Waals surface area contributed by atoms with Gasteiger partial charge in [0.1, 0.15) is 0 Å². The van der Waals surface area contributed by atoms with E-state index >= 15 is 0 Å². The maximum absolute atomic E-state index is 5.08. The number of fused-ring (bicyclic) bond motifs is 1. The Kier molecular flexibility index (Phi) is 8.89. The van der Waals surface area contributed by atoms with Crippen molar-refractivity contribution in [2.75, 3.05) is 0 Å². The number of aryl methyl sites for hydroxylation is 4. The molecule has 0 saturated carbocycles. The van der Waals surface area contributed by atoms with Crippen LogP contribution in [0.2, 0.25) is 0 Å². The molecule has 0 radical (unpaired) electrons. The van der Waals surface area contributed by atoms with E-state index in [0.29, 0.717) is 12.7 Å². The molecule has 0 aliphatic rings. The van der Waals surface area contributed by atoms with Crippen molar-refractivity contribution in [1.29, 1.82) is 0 Å². The Morgan fingerprint density at radius 3 is 1.23 bits per heavy atom. The summed E-state index contributed by atoms with van der Waals surface area (Å²) in [5.41, 5.74) is 6.82. The van der Waals surface area contributed by atoms with Gasteiger partial charge in [0.15, 0.2) is 9.34 Å². The van der Waals surface area contributed by atoms with Gasteiger partial charge in [-0.05, 0) is 62.1 Å². The second-order valence-corrected chi connectivity index (χ2v) is 10.7. The topological polar surface area (TPSA) is 24.7 Å². The van der Waals surface area contributed by atoms with Gasteiger partial charge >= 0.3 is 33.0 Å². The van der Waals surface area contributed by atoms with Crippen LogP contribution in [0, 0.1) is 27.7 Å². The minimum atomic E-state index is 0.569. The number of halogens is 2. The molecule has 0 N–H and O–H groups in total. The predicted octanol–water partition coefficient (Wildman–Crippen LogP) is 8.04. The summed E-state index contributed by atoms with van der Waals surface area (Å²) in [6, 6.07) is 21.1. The van der Waals surface area contributed by atoms with E-state index in [2.05, 4.69) is 88.4 Å². The molecular formula is C24H22Cl2N2NiS2. The predicted molar refractivity (Wildman–Crippen MR) is 134 cm³/mol. The van der Waals surface area contributed by atoms with Crippen LogP contribution in [0.25, 0.3) is 9.40 Å². The van der Waals surface area contributed by atoms with E-state index in [9.17, 15) is 0 Å². The van der Waals surface area contributed by atoms with E-state index in [1.54, 1.807) is 22.7 Å². The van der Waals surface area contributed by atoms with Crippen LogP contribution in [0.3, 0.4) is 0 Å². The van der Waals surface area contributed by atoms with Gasteiger partial charge in [0.25, 0.3) is 0 Å². The SMILES string of the molecule is Cc1cccc(C)c1N=c1sc2ccccc2sc1=Nc1c(C)cccc1C.[Cl][Ni][Cl]. The van der Waals surface area contributed by atoms with Crippen LogP contribution in [0.4, 0.5) is 11.4 Å². The summed E-state index contributed by atoms with van der Waals surface area (Å²) < 4.78 is 4.39. The molecule has 1 heterocycles. The van der Waals surface area contributed by atoms with Crippen molar-refractivity contribution in [1.82, 2.24) is 0 Å². The third kappa shape index (κ3) is 6.06. The summed E-state index contributed by atoms with van der Waals surface area (Å²) in [5, 5.41) is 0. The van der Waals surface area contributed by atoms with Crippen molar-refractivity contribution in [3.05, 3.63) is 92.3 Å². The summed E-state index contributed by atoms with van der Waals surface area (Å²) in [4.78, 5) is 10.2. The van der Waals surface area contributed by atoms with E-state index in [1.165, 1.54) is 31.7 Å². The summed E-state index contributed by atoms with van der Waals surface area (Å²) >= 11 is 3.98. The molecule has 0 spiro atoms. The van der Waals surface area contributed by atoms with Crippen molar-refractivity contribution in [3.63, 3.8) is 0 Å². The number of rotatable bonds is 2. The molecule has 0 fully saturated rings. The number of hydrogen-bond donors (Lipinski definition) is 0. The fourth-order valence-electron chi connectivity index (χ4n) is 3.22. The number of hydrogen-bond acceptors (Lipinski definition) is 4. The second-order valence-electron chi connectivity index (χ2n) is 7.01. The molecule has 2 nitrogen and oxygen atoms in total. The van der Waals surface area contributed by atoms with Gasteiger partial charge in [-0.1, -0.05) is 48.5 Å². The molecule has 3 aromatic carbocycles. The van der Waals surface area contributed by atoms with Crippen molar-refractivity contribution in [3.8, 4) is 0 Å². The zero-order valence-corrected chi connectivity index (χ0v) is 21.7. The standard InChI is InChI=1S/C24H22N2S2.2ClH.Ni/c1-15-9-7-10-16(2)21(15)25-23-24(26-22-17(3)11-8-12-18(22)4)28-20-14-6-5-13-19(20)27-23;;;/h5-14H,1-4H3;2*1H;/q;;;+2/p-2. The first-order valence-electron chi connectivity index (χ1n) is 9.52. The molecule has 31 heavy (non-hydrogen) atoms. The van der Waals surface area contributed by atoms with Crippen LogP contribution in [0.15, 0.2) is 70.6 Å². The average molecular weight is 532 g/mol. The molecule has 7 heteroatoms. The molecule has 0 aliphatic heterocycles. The molecule has 0 unspecified atom stereocenters. The Morgan fingerprint density at radius 1 is 0.581 bits per heavy atom. The summed E-state index contributed by atoms with van der Waals surface area (Å²) in [7, 11) is 9.40. The minimum absolute atomic E-state index is 0.569. The first-order chi connectivity index (χ1) is 14.9. The van der Waals surface area contributed by atoms with Gasteiger partial charge in [-0.3, -0.25) is 0 Å². The summed E-state index contributed by atoms with van der Waals surface area (Å²) in [6.07, 6.45) is 0. The fourth-order valence-corrected chi connectivity index (χ4v) is 5.31. The molecule has 0 bridgehead atoms. The molecule has 0 atom stereocenters. The van der Waals surface area contributed by atoms with Gasteiger partial charge in [-0.25, -0.2) is 9.98 Å². The van der Waals surface area contributed by atoms with Crippen LogP contribution in [0.5, 0.6) is 0 Å². The quantitative estimate of drug-likeness (QED) is 0.234. The normalized spacial score (nSPS) is 12.2. The zero-order valence-electron chi connectivity index (χ0n) is 17.6. The number of nitrogens with zero attached hydrogens (tertiary/aromatic N) is 2. The summed E-state index contributed by atoms with van der Waals surface area (Å²) in [5.74, 6) is 0. The Balaban J connectivity index is 0.000000858. The van der Waals surface area contributed by atoms with Gasteiger partial charge in [0, 0.05) is 9.40 Å². The van der Waals surface area contributed by atoms with Crippen LogP contribution in [-0.2, 0) is 12.7 Å². The number of para-hydroxylation sites is 2. The van der Waals surface area contributed by atoms with E-state index in [1.807, 2.05) is 0 Å².